The van der Waals surface area contributed by atoms with E-state index < -0.39 is 11.5 Å². The van der Waals surface area contributed by atoms with Crippen LogP contribution in [-0.2, 0) is 19.1 Å². The smallest absolute Gasteiger partial charge is 0.312 e. The van der Waals surface area contributed by atoms with Gasteiger partial charge < -0.3 is 24.6 Å². The SMILES string of the molecule is CC(C)(C)C(C)(C(=O)OCC(O)COC1=CC2C(C=C1)C=C(C1=CCCC=C1)C(=O)N2CCCO)C(C)(C)C. The van der Waals surface area contributed by atoms with Crippen LogP contribution in [0.3, 0.4) is 0 Å². The summed E-state index contributed by atoms with van der Waals surface area (Å²) in [5.41, 5.74) is 0.212. The highest BCUT2D eigenvalue weighted by atomic mass is 16.5. The van der Waals surface area contributed by atoms with Crippen LogP contribution in [0.5, 0.6) is 0 Å². The van der Waals surface area contributed by atoms with Gasteiger partial charge in [-0.05, 0) is 54.7 Å². The maximum absolute atomic E-state index is 13.4. The predicted molar refractivity (Wildman–Crippen MR) is 152 cm³/mol. The average Bonchev–Trinajstić information content (AvgIpc) is 2.88. The van der Waals surface area contributed by atoms with Crippen molar-refractivity contribution in [2.45, 2.75) is 79.9 Å². The Labute approximate surface area is 233 Å². The second kappa shape index (κ2) is 12.3. The lowest BCUT2D eigenvalue weighted by Gasteiger charge is -2.48. The molecular formula is C32H47NO6. The molecule has 0 aromatic carbocycles. The third-order valence-electron chi connectivity index (χ3n) is 8.54. The number of rotatable bonds is 10. The lowest BCUT2D eigenvalue weighted by Crippen LogP contribution is -2.51. The minimum absolute atomic E-state index is 0.000109. The summed E-state index contributed by atoms with van der Waals surface area (Å²) in [4.78, 5) is 28.4. The molecule has 2 N–H and O–H groups in total. The quantitative estimate of drug-likeness (QED) is 0.383. The van der Waals surface area contributed by atoms with Crippen molar-refractivity contribution in [3.05, 3.63) is 59.4 Å². The minimum Gasteiger partial charge on any atom is -0.491 e. The highest BCUT2D eigenvalue weighted by Gasteiger charge is 2.53. The van der Waals surface area contributed by atoms with Crippen LogP contribution in [0.15, 0.2) is 59.4 Å². The number of aliphatic hydroxyl groups is 2. The first kappa shape index (κ1) is 30.9. The topological polar surface area (TPSA) is 96.3 Å². The van der Waals surface area contributed by atoms with Crippen molar-refractivity contribution in [2.75, 3.05) is 26.4 Å². The first-order valence-electron chi connectivity index (χ1n) is 14.1. The molecule has 0 aromatic heterocycles. The summed E-state index contributed by atoms with van der Waals surface area (Å²) in [6.07, 6.45) is 15.4. The van der Waals surface area contributed by atoms with E-state index >= 15 is 0 Å². The number of amides is 1. The van der Waals surface area contributed by atoms with E-state index in [2.05, 4.69) is 12.2 Å². The summed E-state index contributed by atoms with van der Waals surface area (Å²) < 4.78 is 11.5. The van der Waals surface area contributed by atoms with Crippen molar-refractivity contribution in [3.8, 4) is 0 Å². The summed E-state index contributed by atoms with van der Waals surface area (Å²) in [5, 5.41) is 20.0. The molecule has 2 aliphatic carbocycles. The third kappa shape index (κ3) is 6.75. The second-order valence-electron chi connectivity index (χ2n) is 13.0. The highest BCUT2D eigenvalue weighted by Crippen LogP contribution is 2.52. The van der Waals surface area contributed by atoms with E-state index in [1.165, 1.54) is 0 Å². The molecule has 0 spiro atoms. The van der Waals surface area contributed by atoms with Gasteiger partial charge in [0.05, 0.1) is 11.5 Å². The Morgan fingerprint density at radius 3 is 2.33 bits per heavy atom. The zero-order chi connectivity index (χ0) is 29.0. The number of hydrogen-bond donors (Lipinski definition) is 2. The molecule has 216 valence electrons. The first-order valence-corrected chi connectivity index (χ1v) is 14.1. The minimum atomic E-state index is -1.000. The van der Waals surface area contributed by atoms with E-state index in [0.29, 0.717) is 24.3 Å². The third-order valence-corrected chi connectivity index (χ3v) is 8.54. The Morgan fingerprint density at radius 2 is 1.74 bits per heavy atom. The van der Waals surface area contributed by atoms with Crippen LogP contribution in [0.4, 0.5) is 0 Å². The van der Waals surface area contributed by atoms with Crippen LogP contribution >= 0.6 is 0 Å². The molecule has 0 saturated heterocycles. The molecule has 7 heteroatoms. The van der Waals surface area contributed by atoms with Gasteiger partial charge in [-0.2, -0.15) is 0 Å². The van der Waals surface area contributed by atoms with Crippen LogP contribution in [0.2, 0.25) is 0 Å². The molecule has 39 heavy (non-hydrogen) atoms. The van der Waals surface area contributed by atoms with Crippen LogP contribution in [-0.4, -0.2) is 65.5 Å². The number of ether oxygens (including phenoxy) is 2. The van der Waals surface area contributed by atoms with E-state index in [1.54, 1.807) is 4.90 Å². The van der Waals surface area contributed by atoms with Crippen molar-refractivity contribution in [1.29, 1.82) is 0 Å². The number of allylic oxidation sites excluding steroid dienone is 4. The van der Waals surface area contributed by atoms with Gasteiger partial charge >= 0.3 is 5.97 Å². The van der Waals surface area contributed by atoms with Crippen molar-refractivity contribution < 1.29 is 29.3 Å². The molecule has 3 atom stereocenters. The van der Waals surface area contributed by atoms with Gasteiger partial charge in [-0.1, -0.05) is 71.9 Å². The fourth-order valence-corrected chi connectivity index (χ4v) is 5.58. The maximum atomic E-state index is 13.4. The average molecular weight is 542 g/mol. The largest absolute Gasteiger partial charge is 0.491 e. The summed E-state index contributed by atoms with van der Waals surface area (Å²) in [6, 6.07) is -0.241. The van der Waals surface area contributed by atoms with Crippen LogP contribution in [0, 0.1) is 22.2 Å². The number of fused-ring (bicyclic) bond motifs is 1. The number of carbonyl (C=O) groups excluding carboxylic acids is 2. The molecule has 0 fully saturated rings. The van der Waals surface area contributed by atoms with Gasteiger partial charge in [0.2, 0.25) is 0 Å². The molecule has 7 nitrogen and oxygen atoms in total. The van der Waals surface area contributed by atoms with Gasteiger partial charge in [0.25, 0.3) is 5.91 Å². The van der Waals surface area contributed by atoms with Crippen molar-refractivity contribution >= 4 is 11.9 Å². The molecule has 3 unspecified atom stereocenters. The van der Waals surface area contributed by atoms with Gasteiger partial charge in [-0.25, -0.2) is 0 Å². The van der Waals surface area contributed by atoms with Crippen molar-refractivity contribution in [1.82, 2.24) is 4.90 Å². The molecular weight excluding hydrogens is 494 g/mol. The summed E-state index contributed by atoms with van der Waals surface area (Å²) in [6.45, 7) is 14.3. The summed E-state index contributed by atoms with van der Waals surface area (Å²) >= 11 is 0. The molecule has 3 rings (SSSR count). The predicted octanol–water partition coefficient (Wildman–Crippen LogP) is 4.87. The number of esters is 1. The Bertz CT molecular complexity index is 1050. The number of carbonyl (C=O) groups is 2. The lowest BCUT2D eigenvalue weighted by molar-refractivity contribution is -0.176. The molecule has 3 aliphatic rings. The van der Waals surface area contributed by atoms with Crippen molar-refractivity contribution in [3.63, 3.8) is 0 Å². The van der Waals surface area contributed by atoms with Crippen LogP contribution < -0.4 is 0 Å². The normalized spacial score (nSPS) is 22.5. The molecule has 0 aromatic rings. The monoisotopic (exact) mass is 541 g/mol. The van der Waals surface area contributed by atoms with Crippen LogP contribution in [0.1, 0.15) is 67.7 Å². The number of hydrogen-bond acceptors (Lipinski definition) is 6. The van der Waals surface area contributed by atoms with Gasteiger partial charge in [0.1, 0.15) is 25.1 Å². The fraction of sp³-hybridized carbons (Fsp3) is 0.625. The Hall–Kier alpha value is -2.64. The van der Waals surface area contributed by atoms with E-state index in [0.717, 1.165) is 18.4 Å². The second-order valence-corrected chi connectivity index (χ2v) is 13.0. The van der Waals surface area contributed by atoms with Crippen molar-refractivity contribution in [2.24, 2.45) is 22.2 Å². The Balaban J connectivity index is 1.66. The summed E-state index contributed by atoms with van der Waals surface area (Å²) in [5.74, 6) is 0.137. The molecule has 1 amide bonds. The molecule has 0 bridgehead atoms. The standard InChI is InChI=1S/C32H47NO6/c1-30(2,3)32(7,31(4,5)6)29(37)39-21-24(35)20-38-25-15-14-23-18-26(22-12-9-8-10-13-22)28(36)33(16-11-17-34)27(23)19-25/h9,12-15,18-19,23-24,27,34-35H,8,10-11,16-17,20-21H2,1-7H3. The molecule has 0 radical (unpaired) electrons. The number of aliphatic hydroxyl groups excluding tert-OH is 2. The van der Waals surface area contributed by atoms with E-state index in [9.17, 15) is 19.8 Å². The summed E-state index contributed by atoms with van der Waals surface area (Å²) in [7, 11) is 0. The van der Waals surface area contributed by atoms with E-state index in [1.807, 2.05) is 78.8 Å². The van der Waals surface area contributed by atoms with Gasteiger partial charge in [0.15, 0.2) is 0 Å². The highest BCUT2D eigenvalue weighted by molar-refractivity contribution is 6.00. The zero-order valence-corrected chi connectivity index (χ0v) is 24.7. The molecule has 1 aliphatic heterocycles. The fourth-order valence-electron chi connectivity index (χ4n) is 5.58. The maximum Gasteiger partial charge on any atom is 0.312 e. The molecule has 0 saturated carbocycles. The Morgan fingerprint density at radius 1 is 1.05 bits per heavy atom. The number of nitrogens with zero attached hydrogens (tertiary/aromatic N) is 1. The zero-order valence-electron chi connectivity index (χ0n) is 24.7. The lowest BCUT2D eigenvalue weighted by atomic mass is 9.55. The van der Waals surface area contributed by atoms with Crippen LogP contribution in [0.25, 0.3) is 0 Å². The van der Waals surface area contributed by atoms with Gasteiger partial charge in [-0.15, -0.1) is 0 Å². The van der Waals surface area contributed by atoms with E-state index in [4.69, 9.17) is 9.47 Å². The molecule has 1 heterocycles. The first-order chi connectivity index (χ1) is 18.2. The Kier molecular flexibility index (Phi) is 9.71. The van der Waals surface area contributed by atoms with E-state index in [-0.39, 0.29) is 54.5 Å². The van der Waals surface area contributed by atoms with Gasteiger partial charge in [-0.3, -0.25) is 9.59 Å². The van der Waals surface area contributed by atoms with Gasteiger partial charge in [0, 0.05) is 24.6 Å².